The van der Waals surface area contributed by atoms with E-state index in [0.717, 1.165) is 42.9 Å². The van der Waals surface area contributed by atoms with Gasteiger partial charge in [0.25, 0.3) is 0 Å². The highest BCUT2D eigenvalue weighted by atomic mass is 35.5. The van der Waals surface area contributed by atoms with E-state index in [2.05, 4.69) is 0 Å². The Balaban J connectivity index is 1.92. The molecule has 1 saturated heterocycles. The molecule has 0 aromatic heterocycles. The quantitative estimate of drug-likeness (QED) is 0.875. The van der Waals surface area contributed by atoms with E-state index in [1.54, 1.807) is 0 Å². The van der Waals surface area contributed by atoms with Crippen LogP contribution in [0, 0.1) is 5.92 Å². The summed E-state index contributed by atoms with van der Waals surface area (Å²) in [6, 6.07) is 7.85. The lowest BCUT2D eigenvalue weighted by Crippen LogP contribution is -2.18. The van der Waals surface area contributed by atoms with Gasteiger partial charge in [0.05, 0.1) is 6.10 Å². The molecule has 1 heterocycles. The molecule has 17 heavy (non-hydrogen) atoms. The van der Waals surface area contributed by atoms with Crippen molar-refractivity contribution in [3.8, 4) is 0 Å². The summed E-state index contributed by atoms with van der Waals surface area (Å²) in [5, 5.41) is 10.2. The zero-order chi connectivity index (χ0) is 12.1. The molecule has 0 amide bonds. The smallest absolute Gasteiger partial charge is 0.0579 e. The highest BCUT2D eigenvalue weighted by Crippen LogP contribution is 2.25. The minimum atomic E-state index is 0.199. The molecule has 94 valence electrons. The third-order valence-electron chi connectivity index (χ3n) is 3.34. The van der Waals surface area contributed by atoms with E-state index in [9.17, 15) is 5.11 Å². The minimum Gasteiger partial charge on any atom is -0.396 e. The summed E-state index contributed by atoms with van der Waals surface area (Å²) in [6.45, 7) is 1.07. The second-order valence-electron chi connectivity index (χ2n) is 4.71. The molecular weight excluding hydrogens is 236 g/mol. The zero-order valence-corrected chi connectivity index (χ0v) is 10.7. The van der Waals surface area contributed by atoms with Gasteiger partial charge in [-0.05, 0) is 43.2 Å². The lowest BCUT2D eigenvalue weighted by atomic mass is 9.93. The van der Waals surface area contributed by atoms with Gasteiger partial charge in [0.1, 0.15) is 0 Å². The van der Waals surface area contributed by atoms with Crippen molar-refractivity contribution in [3.05, 3.63) is 34.9 Å². The molecule has 1 aromatic carbocycles. The number of ether oxygens (including phenoxy) is 1. The Morgan fingerprint density at radius 3 is 2.88 bits per heavy atom. The van der Waals surface area contributed by atoms with Gasteiger partial charge in [0, 0.05) is 18.2 Å². The molecule has 1 aliphatic heterocycles. The van der Waals surface area contributed by atoms with Gasteiger partial charge in [0.15, 0.2) is 0 Å². The first-order valence-corrected chi connectivity index (χ1v) is 6.63. The van der Waals surface area contributed by atoms with Gasteiger partial charge in [-0.2, -0.15) is 0 Å². The molecule has 1 aliphatic rings. The molecule has 3 heteroatoms. The average molecular weight is 255 g/mol. The zero-order valence-electron chi connectivity index (χ0n) is 9.94. The normalized spacial score (nSPS) is 21.6. The first-order valence-electron chi connectivity index (χ1n) is 6.25. The molecule has 0 bridgehead atoms. The second kappa shape index (κ2) is 6.39. The van der Waals surface area contributed by atoms with Crippen molar-refractivity contribution in [2.45, 2.75) is 31.8 Å². The van der Waals surface area contributed by atoms with Crippen LogP contribution in [-0.2, 0) is 11.2 Å². The Morgan fingerprint density at radius 1 is 1.41 bits per heavy atom. The van der Waals surface area contributed by atoms with Crippen molar-refractivity contribution in [1.29, 1.82) is 0 Å². The van der Waals surface area contributed by atoms with Crippen LogP contribution >= 0.6 is 11.6 Å². The minimum absolute atomic E-state index is 0.199. The molecule has 1 fully saturated rings. The predicted octanol–water partition coefficient (Wildman–Crippen LogP) is 3.06. The number of hydrogen-bond donors (Lipinski definition) is 1. The summed E-state index contributed by atoms with van der Waals surface area (Å²) in [4.78, 5) is 0. The van der Waals surface area contributed by atoms with Crippen LogP contribution in [-0.4, -0.2) is 24.4 Å². The molecule has 0 spiro atoms. The fourth-order valence-corrected chi connectivity index (χ4v) is 2.61. The summed E-state index contributed by atoms with van der Waals surface area (Å²) in [5.41, 5.74) is 1.12. The Morgan fingerprint density at radius 2 is 2.24 bits per heavy atom. The van der Waals surface area contributed by atoms with Crippen LogP contribution in [0.1, 0.15) is 24.8 Å². The number of aliphatic hydroxyl groups is 1. The standard InChI is InChI=1S/C14H19ClO2/c15-14-6-2-1-4-12(14)8-11(10-16)9-13-5-3-7-17-13/h1-2,4,6,11,13,16H,3,5,7-10H2. The number of aliphatic hydroxyl groups excluding tert-OH is 1. The molecule has 2 rings (SSSR count). The van der Waals surface area contributed by atoms with Crippen molar-refractivity contribution in [1.82, 2.24) is 0 Å². The maximum Gasteiger partial charge on any atom is 0.0579 e. The van der Waals surface area contributed by atoms with E-state index in [1.807, 2.05) is 24.3 Å². The first-order chi connectivity index (χ1) is 8.29. The predicted molar refractivity (Wildman–Crippen MR) is 69.3 cm³/mol. The maximum atomic E-state index is 9.44. The van der Waals surface area contributed by atoms with Gasteiger partial charge in [-0.3, -0.25) is 0 Å². The fourth-order valence-electron chi connectivity index (χ4n) is 2.40. The average Bonchev–Trinajstić information content (AvgIpc) is 2.84. The molecule has 0 saturated carbocycles. The topological polar surface area (TPSA) is 29.5 Å². The SMILES string of the molecule is OCC(Cc1ccccc1Cl)CC1CCCO1. The maximum absolute atomic E-state index is 9.44. The van der Waals surface area contributed by atoms with Gasteiger partial charge in [-0.1, -0.05) is 29.8 Å². The van der Waals surface area contributed by atoms with Crippen molar-refractivity contribution in [2.75, 3.05) is 13.2 Å². The molecule has 1 N–H and O–H groups in total. The lowest BCUT2D eigenvalue weighted by molar-refractivity contribution is 0.0766. The summed E-state index contributed by atoms with van der Waals surface area (Å²) in [6.07, 6.45) is 4.36. The van der Waals surface area contributed by atoms with E-state index in [-0.39, 0.29) is 12.5 Å². The number of benzene rings is 1. The molecule has 0 aliphatic carbocycles. The van der Waals surface area contributed by atoms with Crippen molar-refractivity contribution < 1.29 is 9.84 Å². The lowest BCUT2D eigenvalue weighted by Gasteiger charge is -2.18. The van der Waals surface area contributed by atoms with Crippen molar-refractivity contribution >= 4 is 11.6 Å². The van der Waals surface area contributed by atoms with E-state index in [1.165, 1.54) is 0 Å². The van der Waals surface area contributed by atoms with Crippen molar-refractivity contribution in [3.63, 3.8) is 0 Å². The Hall–Kier alpha value is -0.570. The van der Waals surface area contributed by atoms with Crippen molar-refractivity contribution in [2.24, 2.45) is 5.92 Å². The summed E-state index contributed by atoms with van der Waals surface area (Å²) >= 11 is 6.13. The van der Waals surface area contributed by atoms with Gasteiger partial charge < -0.3 is 9.84 Å². The largest absolute Gasteiger partial charge is 0.396 e. The third kappa shape index (κ3) is 3.70. The van der Waals surface area contributed by atoms with Crippen LogP contribution in [0.4, 0.5) is 0 Å². The molecule has 2 nitrogen and oxygen atoms in total. The third-order valence-corrected chi connectivity index (χ3v) is 3.71. The Bertz CT molecular complexity index is 348. The molecule has 0 radical (unpaired) electrons. The molecular formula is C14H19ClO2. The van der Waals surface area contributed by atoms with Gasteiger partial charge in [-0.25, -0.2) is 0 Å². The van der Waals surface area contributed by atoms with E-state index in [0.29, 0.717) is 6.10 Å². The van der Waals surface area contributed by atoms with Crippen LogP contribution in [0.25, 0.3) is 0 Å². The van der Waals surface area contributed by atoms with Gasteiger partial charge in [-0.15, -0.1) is 0 Å². The summed E-state index contributed by atoms with van der Waals surface area (Å²) in [5.74, 6) is 0.248. The van der Waals surface area contributed by atoms with E-state index >= 15 is 0 Å². The van der Waals surface area contributed by atoms with Crippen LogP contribution in [0.5, 0.6) is 0 Å². The van der Waals surface area contributed by atoms with E-state index < -0.39 is 0 Å². The number of halogens is 1. The van der Waals surface area contributed by atoms with E-state index in [4.69, 9.17) is 16.3 Å². The Labute approximate surface area is 108 Å². The summed E-state index contributed by atoms with van der Waals surface area (Å²) < 4.78 is 5.61. The monoisotopic (exact) mass is 254 g/mol. The van der Waals surface area contributed by atoms with Crippen LogP contribution in [0.3, 0.4) is 0 Å². The van der Waals surface area contributed by atoms with Crippen LogP contribution in [0.2, 0.25) is 5.02 Å². The molecule has 2 unspecified atom stereocenters. The molecule has 2 atom stereocenters. The summed E-state index contributed by atoms with van der Waals surface area (Å²) in [7, 11) is 0. The van der Waals surface area contributed by atoms with Gasteiger partial charge >= 0.3 is 0 Å². The van der Waals surface area contributed by atoms with Gasteiger partial charge in [0.2, 0.25) is 0 Å². The number of hydrogen-bond acceptors (Lipinski definition) is 2. The Kier molecular flexibility index (Phi) is 4.84. The second-order valence-corrected chi connectivity index (χ2v) is 5.12. The highest BCUT2D eigenvalue weighted by molar-refractivity contribution is 6.31. The van der Waals surface area contributed by atoms with Crippen LogP contribution in [0.15, 0.2) is 24.3 Å². The van der Waals surface area contributed by atoms with Crippen LogP contribution < -0.4 is 0 Å². The highest BCUT2D eigenvalue weighted by Gasteiger charge is 2.21. The number of rotatable bonds is 5. The first kappa shape index (κ1) is 12.9. The molecule has 1 aromatic rings. The fraction of sp³-hybridized carbons (Fsp3) is 0.571.